The molecule has 70 heavy (non-hydrogen) atoms. The molecule has 18 heteroatoms. The maximum atomic E-state index is 12.8. The largest absolute Gasteiger partial charge is 0.497 e. The van der Waals surface area contributed by atoms with Gasteiger partial charge in [-0.3, -0.25) is 44.6 Å². The number of fused-ring (bicyclic) bond motifs is 9. The zero-order chi connectivity index (χ0) is 56.1. The summed E-state index contributed by atoms with van der Waals surface area (Å²) in [7, 11) is -7.74. The molecule has 0 aliphatic rings. The molecular formula is C52H41ClN10O7. The van der Waals surface area contributed by atoms with Gasteiger partial charge in [0.05, 0.1) is 107 Å². The lowest BCUT2D eigenvalue weighted by molar-refractivity contribution is 0.282. The first kappa shape index (κ1) is 35.1. The normalized spacial score (nSPS) is 13.7. The summed E-state index contributed by atoms with van der Waals surface area (Å²) in [5.41, 5.74) is 6.25. The van der Waals surface area contributed by atoms with Gasteiger partial charge in [0.1, 0.15) is 17.2 Å². The fourth-order valence-electron chi connectivity index (χ4n) is 7.99. The van der Waals surface area contributed by atoms with Crippen molar-refractivity contribution in [1.29, 1.82) is 0 Å². The Hall–Kier alpha value is -9.06. The highest BCUT2D eigenvalue weighted by Crippen LogP contribution is 2.28. The number of para-hydroxylation sites is 2. The lowest BCUT2D eigenvalue weighted by atomic mass is 10.1. The molecule has 12 rings (SSSR count). The Labute approximate surface area is 413 Å². The molecule has 0 saturated carbocycles. The summed E-state index contributed by atoms with van der Waals surface area (Å²) in [5, 5.41) is 22.5. The second-order valence-corrected chi connectivity index (χ2v) is 16.1. The number of aliphatic hydroxyl groups excluding tert-OH is 1. The predicted molar refractivity (Wildman–Crippen MR) is 271 cm³/mol. The SMILES string of the molecule is [2H]C([2H])([2H])Oc1ccc(-n2[nH]c3c(cnc4cc(C)ccc43)c2=O)cc1.[2H]C([2H])([2H])Oc1ccc(-n2[nH]c3c(cnc4cc(CO)ccc43)c2=O)cn1.[2H]C([2H])([2H])Oc1ccccc1-n1[nH]c2c(cnc3ccc(Cl)cc32)c1=O. The van der Waals surface area contributed by atoms with Crippen LogP contribution in [0.5, 0.6) is 17.4 Å². The van der Waals surface area contributed by atoms with Gasteiger partial charge in [-0.25, -0.2) is 19.0 Å². The van der Waals surface area contributed by atoms with Gasteiger partial charge < -0.3 is 19.3 Å². The van der Waals surface area contributed by atoms with Crippen molar-refractivity contribution in [3.63, 3.8) is 0 Å². The van der Waals surface area contributed by atoms with E-state index in [4.69, 9.17) is 38.1 Å². The van der Waals surface area contributed by atoms with Crippen LogP contribution in [0.15, 0.2) is 154 Å². The van der Waals surface area contributed by atoms with Crippen molar-refractivity contribution < 1.29 is 31.7 Å². The molecule has 0 saturated heterocycles. The van der Waals surface area contributed by atoms with E-state index >= 15 is 0 Å². The second kappa shape index (κ2) is 18.6. The van der Waals surface area contributed by atoms with E-state index in [1.807, 2.05) is 25.1 Å². The molecule has 12 aromatic rings. The van der Waals surface area contributed by atoms with Crippen LogP contribution >= 0.6 is 11.6 Å². The van der Waals surface area contributed by atoms with Crippen LogP contribution < -0.4 is 30.9 Å². The van der Waals surface area contributed by atoms with Crippen LogP contribution in [0.4, 0.5) is 0 Å². The number of aromatic nitrogens is 10. The first-order chi connectivity index (χ1) is 37.5. The van der Waals surface area contributed by atoms with Gasteiger partial charge in [-0.05, 0) is 90.8 Å². The molecule has 7 aromatic heterocycles. The van der Waals surface area contributed by atoms with Crippen molar-refractivity contribution in [2.45, 2.75) is 13.5 Å². The van der Waals surface area contributed by atoms with Crippen molar-refractivity contribution >= 4 is 77.0 Å². The Bertz CT molecular complexity index is 4470. The summed E-state index contributed by atoms with van der Waals surface area (Å²) in [6.45, 7) is 1.89. The third-order valence-corrected chi connectivity index (χ3v) is 11.7. The first-order valence-corrected chi connectivity index (χ1v) is 21.4. The summed E-state index contributed by atoms with van der Waals surface area (Å²) >= 11 is 6.07. The molecule has 0 aliphatic carbocycles. The van der Waals surface area contributed by atoms with E-state index in [0.29, 0.717) is 71.2 Å². The first-order valence-electron chi connectivity index (χ1n) is 25.6. The Morgan fingerprint density at radius 2 is 1.16 bits per heavy atom. The van der Waals surface area contributed by atoms with Crippen molar-refractivity contribution in [3.8, 4) is 34.4 Å². The predicted octanol–water partition coefficient (Wildman–Crippen LogP) is 8.48. The summed E-state index contributed by atoms with van der Waals surface area (Å²) in [5.74, 6) is 0.212. The van der Waals surface area contributed by atoms with E-state index in [0.717, 1.165) is 27.4 Å². The molecule has 0 amide bonds. The van der Waals surface area contributed by atoms with Crippen LogP contribution in [0.1, 0.15) is 23.5 Å². The standard InChI is InChI=1S/C18H15N3O2.C17H12ClN3O2.C17H14N4O3/c1-11-3-8-14-16(9-11)19-10-15-17(14)20-21(18(15)22)12-4-6-13(23-2)7-5-12;1-23-15-5-3-2-4-14(15)21-17(22)12-9-19-13-7-6-10(18)8-11(13)16(12)20-21;1-24-15-5-3-11(7-19-15)21-17(23)13-8-18-14-6-10(9-22)2-4-12(14)16(13)20-21/h3-10,20H,1-2H3;2-9,20H,1H3;2-8,20,22H,9H2,1H3/i2D3;2*1D3. The third kappa shape index (κ3) is 8.14. The minimum absolute atomic E-state index is 0.0634. The molecule has 0 radical (unpaired) electrons. The fraction of sp³-hybridized carbons (Fsp3) is 0.0962. The van der Waals surface area contributed by atoms with E-state index < -0.39 is 21.1 Å². The highest BCUT2D eigenvalue weighted by Gasteiger charge is 2.17. The van der Waals surface area contributed by atoms with Gasteiger partial charge in [-0.1, -0.05) is 48.0 Å². The number of nitrogens with one attached hydrogen (secondary N) is 3. The molecule has 0 atom stereocenters. The number of methoxy groups -OCH3 is 3. The maximum Gasteiger partial charge on any atom is 0.280 e. The van der Waals surface area contributed by atoms with E-state index in [9.17, 15) is 19.5 Å². The maximum absolute atomic E-state index is 12.8. The lowest BCUT2D eigenvalue weighted by Crippen LogP contribution is -2.15. The van der Waals surface area contributed by atoms with E-state index in [1.165, 1.54) is 63.0 Å². The van der Waals surface area contributed by atoms with Crippen molar-refractivity contribution in [2.75, 3.05) is 21.1 Å². The number of rotatable bonds is 7. The van der Waals surface area contributed by atoms with Crippen LogP contribution in [0, 0.1) is 6.92 Å². The summed E-state index contributed by atoms with van der Waals surface area (Å²) in [4.78, 5) is 55.2. The molecule has 0 bridgehead atoms. The Morgan fingerprint density at radius 1 is 0.557 bits per heavy atom. The number of benzene rings is 5. The highest BCUT2D eigenvalue weighted by molar-refractivity contribution is 6.31. The Kier molecular flexibility index (Phi) is 9.31. The van der Waals surface area contributed by atoms with E-state index in [2.05, 4.69) is 35.2 Å². The van der Waals surface area contributed by atoms with Crippen molar-refractivity contribution in [1.82, 2.24) is 49.3 Å². The van der Waals surface area contributed by atoms with Crippen LogP contribution in [0.3, 0.4) is 0 Å². The number of aliphatic hydroxyl groups is 1. The molecule has 4 N–H and O–H groups in total. The van der Waals surface area contributed by atoms with Gasteiger partial charge in [-0.15, -0.1) is 0 Å². The van der Waals surface area contributed by atoms with Crippen LogP contribution in [-0.4, -0.2) is 75.5 Å². The number of halogens is 1. The van der Waals surface area contributed by atoms with Crippen LogP contribution in [-0.2, 0) is 6.61 Å². The zero-order valence-electron chi connectivity index (χ0n) is 45.4. The number of hydrogen-bond acceptors (Lipinski definition) is 11. The minimum Gasteiger partial charge on any atom is -0.497 e. The number of ether oxygens (including phenoxy) is 3. The topological polar surface area (TPSA) is 213 Å². The van der Waals surface area contributed by atoms with Gasteiger partial charge in [0, 0.05) is 45.8 Å². The summed E-state index contributed by atoms with van der Waals surface area (Å²) in [6.07, 6.45) is 5.87. The smallest absolute Gasteiger partial charge is 0.280 e. The fourth-order valence-corrected chi connectivity index (χ4v) is 8.16. The molecule has 0 fully saturated rings. The number of pyridine rings is 4. The molecule has 348 valence electrons. The van der Waals surface area contributed by atoms with Crippen molar-refractivity contribution in [2.24, 2.45) is 0 Å². The molecule has 0 aliphatic heterocycles. The average Bonchev–Trinajstić information content (AvgIpc) is 4.29. The van der Waals surface area contributed by atoms with Crippen LogP contribution in [0.25, 0.3) is 82.5 Å². The monoisotopic (exact) mass is 961 g/mol. The number of aryl methyl sites for hydroxylation is 1. The summed E-state index contributed by atoms with van der Waals surface area (Å²) < 4.78 is 83.1. The molecule has 0 unspecified atom stereocenters. The number of hydrogen-bond donors (Lipinski definition) is 4. The highest BCUT2D eigenvalue weighted by atomic mass is 35.5. The average molecular weight is 962 g/mol. The van der Waals surface area contributed by atoms with Gasteiger partial charge in [-0.2, -0.15) is 0 Å². The molecule has 5 aromatic carbocycles. The molecular weight excluding hydrogens is 912 g/mol. The van der Waals surface area contributed by atoms with E-state index in [-0.39, 0.29) is 40.7 Å². The zero-order valence-corrected chi connectivity index (χ0v) is 37.1. The number of H-pyrrole nitrogens is 3. The Morgan fingerprint density at radius 3 is 1.83 bits per heavy atom. The quantitative estimate of drug-likeness (QED) is 0.119. The van der Waals surface area contributed by atoms with Gasteiger partial charge in [0.25, 0.3) is 16.7 Å². The van der Waals surface area contributed by atoms with Gasteiger partial charge in [0.15, 0.2) is 0 Å². The van der Waals surface area contributed by atoms with Crippen molar-refractivity contribution in [3.05, 3.63) is 187 Å². The molecule has 7 heterocycles. The number of nitrogens with zero attached hydrogens (tertiary/aromatic N) is 7. The second-order valence-electron chi connectivity index (χ2n) is 15.7. The third-order valence-electron chi connectivity index (χ3n) is 11.5. The lowest BCUT2D eigenvalue weighted by Gasteiger charge is -2.07. The minimum atomic E-state index is -2.63. The van der Waals surface area contributed by atoms with Gasteiger partial charge in [0.2, 0.25) is 5.88 Å². The van der Waals surface area contributed by atoms with Gasteiger partial charge >= 0.3 is 0 Å². The Balaban J connectivity index is 0.000000134. The summed E-state index contributed by atoms with van der Waals surface area (Å²) in [6, 6.07) is 32.0. The van der Waals surface area contributed by atoms with E-state index in [1.54, 1.807) is 72.9 Å². The van der Waals surface area contributed by atoms with Crippen LogP contribution in [0.2, 0.25) is 5.02 Å². The molecule has 0 spiro atoms. The number of aromatic amines is 3. The molecule has 17 nitrogen and oxygen atoms in total.